The Morgan fingerprint density at radius 3 is 2.56 bits per heavy atom. The van der Waals surface area contributed by atoms with E-state index in [-0.39, 0.29) is 5.92 Å². The van der Waals surface area contributed by atoms with Crippen molar-refractivity contribution in [2.24, 2.45) is 5.92 Å². The SMILES string of the molecule is CCCCc1c(C)sc2c1C(C)C(C)C2=O. The van der Waals surface area contributed by atoms with E-state index in [1.807, 2.05) is 0 Å². The van der Waals surface area contributed by atoms with Crippen molar-refractivity contribution in [1.82, 2.24) is 0 Å². The van der Waals surface area contributed by atoms with E-state index in [0.717, 1.165) is 11.3 Å². The molecule has 1 aromatic heterocycles. The monoisotopic (exact) mass is 236 g/mol. The molecule has 0 aliphatic heterocycles. The van der Waals surface area contributed by atoms with Gasteiger partial charge in [0.1, 0.15) is 0 Å². The number of hydrogen-bond acceptors (Lipinski definition) is 2. The summed E-state index contributed by atoms with van der Waals surface area (Å²) in [6.45, 7) is 8.66. The molecule has 2 atom stereocenters. The first-order valence-electron chi connectivity index (χ1n) is 6.24. The summed E-state index contributed by atoms with van der Waals surface area (Å²) in [5.74, 6) is 1.000. The Labute approximate surface area is 102 Å². The number of unbranched alkanes of at least 4 members (excludes halogenated alkanes) is 1. The van der Waals surface area contributed by atoms with Crippen LogP contribution in [0.15, 0.2) is 0 Å². The molecule has 2 heteroatoms. The number of aryl methyl sites for hydroxylation is 1. The summed E-state index contributed by atoms with van der Waals surface area (Å²) >= 11 is 1.72. The summed E-state index contributed by atoms with van der Waals surface area (Å²) in [5.41, 5.74) is 2.86. The summed E-state index contributed by atoms with van der Waals surface area (Å²) < 4.78 is 0. The van der Waals surface area contributed by atoms with Gasteiger partial charge in [0.05, 0.1) is 4.88 Å². The molecule has 1 nitrogen and oxygen atoms in total. The first-order chi connectivity index (χ1) is 7.57. The Kier molecular flexibility index (Phi) is 3.20. The molecule has 88 valence electrons. The third-order valence-electron chi connectivity index (χ3n) is 3.87. The average Bonchev–Trinajstić information content (AvgIpc) is 2.69. The number of thiophene rings is 1. The Balaban J connectivity index is 2.42. The van der Waals surface area contributed by atoms with Crippen LogP contribution < -0.4 is 0 Å². The minimum Gasteiger partial charge on any atom is -0.293 e. The first kappa shape index (κ1) is 11.8. The van der Waals surface area contributed by atoms with Crippen LogP contribution in [0.3, 0.4) is 0 Å². The zero-order valence-corrected chi connectivity index (χ0v) is 11.4. The second-order valence-electron chi connectivity index (χ2n) is 4.92. The van der Waals surface area contributed by atoms with Crippen LogP contribution in [0.5, 0.6) is 0 Å². The maximum Gasteiger partial charge on any atom is 0.176 e. The molecule has 16 heavy (non-hydrogen) atoms. The third-order valence-corrected chi connectivity index (χ3v) is 5.05. The Hall–Kier alpha value is -0.630. The lowest BCUT2D eigenvalue weighted by Gasteiger charge is -2.11. The lowest BCUT2D eigenvalue weighted by Crippen LogP contribution is -2.07. The van der Waals surface area contributed by atoms with Gasteiger partial charge < -0.3 is 0 Å². The molecule has 1 heterocycles. The Bertz CT molecular complexity index is 417. The van der Waals surface area contributed by atoms with Gasteiger partial charge in [0.15, 0.2) is 5.78 Å². The molecule has 0 fully saturated rings. The normalized spacial score (nSPS) is 23.9. The van der Waals surface area contributed by atoms with E-state index in [4.69, 9.17) is 0 Å². The summed E-state index contributed by atoms with van der Waals surface area (Å²) in [7, 11) is 0. The molecule has 1 aliphatic carbocycles. The molecular weight excluding hydrogens is 216 g/mol. The van der Waals surface area contributed by atoms with Crippen LogP contribution >= 0.6 is 11.3 Å². The maximum atomic E-state index is 12.1. The fourth-order valence-electron chi connectivity index (χ4n) is 2.61. The standard InChI is InChI=1S/C14H20OS/c1-5-6-7-11-10(4)16-14-12(11)8(2)9(3)13(14)15/h8-9H,5-7H2,1-4H3. The number of rotatable bonds is 3. The van der Waals surface area contributed by atoms with E-state index in [1.54, 1.807) is 11.3 Å². The highest BCUT2D eigenvalue weighted by Crippen LogP contribution is 2.45. The van der Waals surface area contributed by atoms with Crippen molar-refractivity contribution in [3.05, 3.63) is 20.9 Å². The molecule has 0 radical (unpaired) electrons. The van der Waals surface area contributed by atoms with Gasteiger partial charge in [0.25, 0.3) is 0 Å². The smallest absolute Gasteiger partial charge is 0.176 e. The number of ketones is 1. The van der Waals surface area contributed by atoms with Crippen molar-refractivity contribution in [2.45, 2.75) is 52.9 Å². The number of carbonyl (C=O) groups is 1. The third kappa shape index (κ3) is 1.64. The Morgan fingerprint density at radius 1 is 1.25 bits per heavy atom. The minimum atomic E-state index is 0.197. The van der Waals surface area contributed by atoms with Crippen LogP contribution in [0.1, 0.15) is 65.2 Å². The lowest BCUT2D eigenvalue weighted by atomic mass is 9.92. The molecule has 0 N–H and O–H groups in total. The van der Waals surface area contributed by atoms with Gasteiger partial charge in [-0.3, -0.25) is 4.79 Å². The van der Waals surface area contributed by atoms with Crippen molar-refractivity contribution in [2.75, 3.05) is 0 Å². The highest BCUT2D eigenvalue weighted by atomic mass is 32.1. The van der Waals surface area contributed by atoms with Crippen molar-refractivity contribution in [3.8, 4) is 0 Å². The lowest BCUT2D eigenvalue weighted by molar-refractivity contribution is 0.0940. The van der Waals surface area contributed by atoms with Crippen LogP contribution in [-0.4, -0.2) is 5.78 Å². The van der Waals surface area contributed by atoms with Gasteiger partial charge in [-0.15, -0.1) is 11.3 Å². The predicted molar refractivity (Wildman–Crippen MR) is 69.6 cm³/mol. The van der Waals surface area contributed by atoms with Crippen LogP contribution in [0, 0.1) is 12.8 Å². The highest BCUT2D eigenvalue weighted by Gasteiger charge is 2.37. The summed E-state index contributed by atoms with van der Waals surface area (Å²) in [4.78, 5) is 14.5. The molecule has 0 bridgehead atoms. The van der Waals surface area contributed by atoms with Gasteiger partial charge in [0.2, 0.25) is 0 Å². The van der Waals surface area contributed by atoms with Gasteiger partial charge in [-0.1, -0.05) is 27.2 Å². The zero-order valence-electron chi connectivity index (χ0n) is 10.6. The van der Waals surface area contributed by atoms with Crippen LogP contribution in [0.4, 0.5) is 0 Å². The van der Waals surface area contributed by atoms with E-state index in [2.05, 4.69) is 27.7 Å². The molecule has 2 rings (SSSR count). The molecule has 2 unspecified atom stereocenters. The highest BCUT2D eigenvalue weighted by molar-refractivity contribution is 7.14. The number of Topliss-reactive ketones (excluding diaryl/α,β-unsaturated/α-hetero) is 1. The van der Waals surface area contributed by atoms with Crippen LogP contribution in [-0.2, 0) is 6.42 Å². The number of carbonyl (C=O) groups excluding carboxylic acids is 1. The zero-order chi connectivity index (χ0) is 11.9. The molecule has 0 spiro atoms. The van der Waals surface area contributed by atoms with Gasteiger partial charge >= 0.3 is 0 Å². The van der Waals surface area contributed by atoms with E-state index < -0.39 is 0 Å². The number of hydrogen-bond donors (Lipinski definition) is 0. The molecule has 1 aromatic rings. The molecule has 1 aliphatic rings. The van der Waals surface area contributed by atoms with Gasteiger partial charge in [0, 0.05) is 10.8 Å². The van der Waals surface area contributed by atoms with Crippen molar-refractivity contribution < 1.29 is 4.79 Å². The van der Waals surface area contributed by atoms with Crippen molar-refractivity contribution in [3.63, 3.8) is 0 Å². The minimum absolute atomic E-state index is 0.197. The second kappa shape index (κ2) is 4.33. The first-order valence-corrected chi connectivity index (χ1v) is 7.05. The van der Waals surface area contributed by atoms with Gasteiger partial charge in [-0.05, 0) is 36.8 Å². The van der Waals surface area contributed by atoms with E-state index >= 15 is 0 Å². The molecular formula is C14H20OS. The Morgan fingerprint density at radius 2 is 1.94 bits per heavy atom. The predicted octanol–water partition coefficient (Wildman–Crippen LogP) is 4.34. The van der Waals surface area contributed by atoms with Crippen molar-refractivity contribution >= 4 is 17.1 Å². The maximum absolute atomic E-state index is 12.1. The molecule has 0 saturated carbocycles. The summed E-state index contributed by atoms with van der Waals surface area (Å²) in [6.07, 6.45) is 3.61. The topological polar surface area (TPSA) is 17.1 Å². The largest absolute Gasteiger partial charge is 0.293 e. The van der Waals surface area contributed by atoms with Crippen molar-refractivity contribution in [1.29, 1.82) is 0 Å². The van der Waals surface area contributed by atoms with E-state index in [9.17, 15) is 4.79 Å². The molecule has 0 aromatic carbocycles. The van der Waals surface area contributed by atoms with Gasteiger partial charge in [-0.25, -0.2) is 0 Å². The number of fused-ring (bicyclic) bond motifs is 1. The fourth-order valence-corrected chi connectivity index (χ4v) is 3.96. The summed E-state index contributed by atoms with van der Waals surface area (Å²) in [5, 5.41) is 0. The van der Waals surface area contributed by atoms with Crippen LogP contribution in [0.25, 0.3) is 0 Å². The fraction of sp³-hybridized carbons (Fsp3) is 0.643. The molecule has 0 saturated heterocycles. The summed E-state index contributed by atoms with van der Waals surface area (Å²) in [6, 6.07) is 0. The van der Waals surface area contributed by atoms with E-state index in [1.165, 1.54) is 28.8 Å². The second-order valence-corrected chi connectivity index (χ2v) is 6.15. The van der Waals surface area contributed by atoms with Gasteiger partial charge in [-0.2, -0.15) is 0 Å². The quantitative estimate of drug-likeness (QED) is 0.763. The average molecular weight is 236 g/mol. The van der Waals surface area contributed by atoms with Crippen LogP contribution in [0.2, 0.25) is 0 Å². The van der Waals surface area contributed by atoms with E-state index in [0.29, 0.717) is 11.7 Å². The molecule has 0 amide bonds.